The Morgan fingerprint density at radius 1 is 1.07 bits per heavy atom. The standard InChI is InChI=1S/C20H20ClN3O3/c1-2-13-5-7-14(8-6-13)19(26)22-23-20(27)16-10-9-15(21)12-17(16)24-11-3-4-18(24)25/h5-10,12H,2-4,11H2,1H3,(H,22,26)(H,23,27). The number of hydrazine groups is 1. The molecule has 0 unspecified atom stereocenters. The molecule has 3 rings (SSSR count). The van der Waals surface area contributed by atoms with Gasteiger partial charge in [0, 0.05) is 23.6 Å². The highest BCUT2D eigenvalue weighted by atomic mass is 35.5. The van der Waals surface area contributed by atoms with Gasteiger partial charge in [-0.15, -0.1) is 0 Å². The molecule has 1 fully saturated rings. The van der Waals surface area contributed by atoms with Gasteiger partial charge in [0.15, 0.2) is 0 Å². The van der Waals surface area contributed by atoms with E-state index >= 15 is 0 Å². The minimum absolute atomic E-state index is 0.0497. The van der Waals surface area contributed by atoms with Crippen LogP contribution in [0.15, 0.2) is 42.5 Å². The van der Waals surface area contributed by atoms with E-state index in [1.54, 1.807) is 35.2 Å². The fraction of sp³-hybridized carbons (Fsp3) is 0.250. The highest BCUT2D eigenvalue weighted by Gasteiger charge is 2.26. The van der Waals surface area contributed by atoms with Crippen molar-refractivity contribution in [2.75, 3.05) is 11.4 Å². The average molecular weight is 386 g/mol. The van der Waals surface area contributed by atoms with Crippen LogP contribution >= 0.6 is 11.6 Å². The van der Waals surface area contributed by atoms with E-state index in [1.807, 2.05) is 19.1 Å². The Morgan fingerprint density at radius 3 is 2.41 bits per heavy atom. The van der Waals surface area contributed by atoms with Crippen LogP contribution in [0.1, 0.15) is 46.0 Å². The molecule has 1 aliphatic heterocycles. The van der Waals surface area contributed by atoms with E-state index in [2.05, 4.69) is 10.9 Å². The van der Waals surface area contributed by atoms with Crippen molar-refractivity contribution in [3.05, 3.63) is 64.2 Å². The molecule has 27 heavy (non-hydrogen) atoms. The number of nitrogens with one attached hydrogen (secondary N) is 2. The first-order valence-corrected chi connectivity index (χ1v) is 9.17. The summed E-state index contributed by atoms with van der Waals surface area (Å²) in [4.78, 5) is 38.4. The molecule has 1 saturated heterocycles. The fourth-order valence-electron chi connectivity index (χ4n) is 2.97. The van der Waals surface area contributed by atoms with Crippen molar-refractivity contribution in [2.45, 2.75) is 26.2 Å². The molecule has 1 heterocycles. The smallest absolute Gasteiger partial charge is 0.271 e. The van der Waals surface area contributed by atoms with Crippen molar-refractivity contribution in [3.8, 4) is 0 Å². The number of carbonyl (C=O) groups excluding carboxylic acids is 3. The van der Waals surface area contributed by atoms with Crippen LogP contribution in [0.25, 0.3) is 0 Å². The maximum Gasteiger partial charge on any atom is 0.271 e. The van der Waals surface area contributed by atoms with Crippen molar-refractivity contribution in [1.29, 1.82) is 0 Å². The van der Waals surface area contributed by atoms with E-state index in [4.69, 9.17) is 11.6 Å². The second-order valence-electron chi connectivity index (χ2n) is 6.27. The first-order valence-electron chi connectivity index (χ1n) is 8.79. The summed E-state index contributed by atoms with van der Waals surface area (Å²) < 4.78 is 0. The van der Waals surface area contributed by atoms with Gasteiger partial charge in [0.05, 0.1) is 11.3 Å². The number of hydrogen-bond donors (Lipinski definition) is 2. The molecule has 0 spiro atoms. The van der Waals surface area contributed by atoms with Gasteiger partial charge in [0.25, 0.3) is 11.8 Å². The molecule has 0 aromatic heterocycles. The molecule has 1 aliphatic rings. The van der Waals surface area contributed by atoms with E-state index in [0.29, 0.717) is 29.2 Å². The van der Waals surface area contributed by atoms with Gasteiger partial charge in [-0.1, -0.05) is 30.7 Å². The lowest BCUT2D eigenvalue weighted by Crippen LogP contribution is -2.42. The SMILES string of the molecule is CCc1ccc(C(=O)NNC(=O)c2ccc(Cl)cc2N2CCCC2=O)cc1. The molecule has 6 nitrogen and oxygen atoms in total. The van der Waals surface area contributed by atoms with Gasteiger partial charge in [0.2, 0.25) is 5.91 Å². The molecule has 3 amide bonds. The summed E-state index contributed by atoms with van der Waals surface area (Å²) in [6, 6.07) is 11.9. The molecule has 0 aliphatic carbocycles. The third-order valence-corrected chi connectivity index (χ3v) is 4.72. The van der Waals surface area contributed by atoms with Crippen LogP contribution in [0.2, 0.25) is 5.02 Å². The number of hydrogen-bond acceptors (Lipinski definition) is 3. The molecule has 0 bridgehead atoms. The number of nitrogens with zero attached hydrogens (tertiary/aromatic N) is 1. The van der Waals surface area contributed by atoms with E-state index < -0.39 is 11.8 Å². The zero-order valence-corrected chi connectivity index (χ0v) is 15.7. The van der Waals surface area contributed by atoms with Crippen LogP contribution in [-0.4, -0.2) is 24.3 Å². The Kier molecular flexibility index (Phi) is 5.76. The number of benzene rings is 2. The lowest BCUT2D eigenvalue weighted by molar-refractivity contribution is -0.117. The van der Waals surface area contributed by atoms with Crippen LogP contribution in [0, 0.1) is 0 Å². The Hall–Kier alpha value is -2.86. The van der Waals surface area contributed by atoms with Gasteiger partial charge in [-0.3, -0.25) is 25.2 Å². The second kappa shape index (κ2) is 8.22. The number of aryl methyl sites for hydroxylation is 1. The topological polar surface area (TPSA) is 78.5 Å². The maximum absolute atomic E-state index is 12.6. The monoisotopic (exact) mass is 385 g/mol. The van der Waals surface area contributed by atoms with Gasteiger partial charge in [-0.05, 0) is 48.7 Å². The number of carbonyl (C=O) groups is 3. The quantitative estimate of drug-likeness (QED) is 0.794. The van der Waals surface area contributed by atoms with Gasteiger partial charge < -0.3 is 4.90 Å². The molecule has 2 aromatic rings. The Labute approximate surface area is 162 Å². The molecular formula is C20H20ClN3O3. The third-order valence-electron chi connectivity index (χ3n) is 4.48. The summed E-state index contributed by atoms with van der Waals surface area (Å²) in [5.74, 6) is -0.981. The van der Waals surface area contributed by atoms with Crippen LogP contribution in [0.4, 0.5) is 5.69 Å². The van der Waals surface area contributed by atoms with E-state index in [-0.39, 0.29) is 11.5 Å². The maximum atomic E-state index is 12.6. The zero-order valence-electron chi connectivity index (χ0n) is 14.9. The first kappa shape index (κ1) is 18.9. The zero-order chi connectivity index (χ0) is 19.4. The van der Waals surface area contributed by atoms with Crippen molar-refractivity contribution >= 4 is 35.0 Å². The summed E-state index contributed by atoms with van der Waals surface area (Å²) in [5, 5.41) is 0.432. The Morgan fingerprint density at radius 2 is 1.78 bits per heavy atom. The van der Waals surface area contributed by atoms with Gasteiger partial charge in [-0.2, -0.15) is 0 Å². The minimum Gasteiger partial charge on any atom is -0.312 e. The Bertz CT molecular complexity index is 881. The van der Waals surface area contributed by atoms with Gasteiger partial charge >= 0.3 is 0 Å². The molecular weight excluding hydrogens is 366 g/mol. The molecule has 140 valence electrons. The van der Waals surface area contributed by atoms with Crippen LogP contribution in [0.3, 0.4) is 0 Å². The summed E-state index contributed by atoms with van der Waals surface area (Å²) in [7, 11) is 0. The second-order valence-corrected chi connectivity index (χ2v) is 6.71. The summed E-state index contributed by atoms with van der Waals surface area (Å²) in [5.41, 5.74) is 7.10. The van der Waals surface area contributed by atoms with Crippen molar-refractivity contribution in [2.24, 2.45) is 0 Å². The van der Waals surface area contributed by atoms with E-state index in [0.717, 1.165) is 18.4 Å². The lowest BCUT2D eigenvalue weighted by Gasteiger charge is -2.20. The molecule has 2 aromatic carbocycles. The number of halogens is 1. The minimum atomic E-state index is -0.514. The van der Waals surface area contributed by atoms with Gasteiger partial charge in [-0.25, -0.2) is 0 Å². The molecule has 0 atom stereocenters. The molecule has 2 N–H and O–H groups in total. The fourth-order valence-corrected chi connectivity index (χ4v) is 3.13. The third kappa shape index (κ3) is 4.28. The van der Waals surface area contributed by atoms with Crippen molar-refractivity contribution < 1.29 is 14.4 Å². The summed E-state index contributed by atoms with van der Waals surface area (Å²) in [6.45, 7) is 2.57. The van der Waals surface area contributed by atoms with E-state index in [1.165, 1.54) is 0 Å². The predicted molar refractivity (Wildman–Crippen MR) is 104 cm³/mol. The normalized spacial score (nSPS) is 13.6. The summed E-state index contributed by atoms with van der Waals surface area (Å²) >= 11 is 6.04. The molecule has 7 heteroatoms. The highest BCUT2D eigenvalue weighted by molar-refractivity contribution is 6.31. The number of anilines is 1. The first-order chi connectivity index (χ1) is 13.0. The lowest BCUT2D eigenvalue weighted by atomic mass is 10.1. The van der Waals surface area contributed by atoms with Crippen molar-refractivity contribution in [3.63, 3.8) is 0 Å². The van der Waals surface area contributed by atoms with Crippen molar-refractivity contribution in [1.82, 2.24) is 10.9 Å². The van der Waals surface area contributed by atoms with Crippen LogP contribution in [-0.2, 0) is 11.2 Å². The highest BCUT2D eigenvalue weighted by Crippen LogP contribution is 2.28. The number of amides is 3. The largest absolute Gasteiger partial charge is 0.312 e. The Balaban J connectivity index is 1.72. The van der Waals surface area contributed by atoms with Crippen LogP contribution < -0.4 is 15.8 Å². The molecule has 0 saturated carbocycles. The molecule has 0 radical (unpaired) electrons. The summed E-state index contributed by atoms with van der Waals surface area (Å²) in [6.07, 6.45) is 2.06. The predicted octanol–water partition coefficient (Wildman–Crippen LogP) is 3.10. The van der Waals surface area contributed by atoms with Gasteiger partial charge in [0.1, 0.15) is 0 Å². The van der Waals surface area contributed by atoms with E-state index in [9.17, 15) is 14.4 Å². The average Bonchev–Trinajstić information content (AvgIpc) is 3.11. The van der Waals surface area contributed by atoms with Crippen LogP contribution in [0.5, 0.6) is 0 Å². The number of rotatable bonds is 4.